The molecule has 1 atom stereocenters. The average Bonchev–Trinajstić information content (AvgIpc) is 2.66. The molecule has 0 aliphatic heterocycles. The van der Waals surface area contributed by atoms with Crippen molar-refractivity contribution in [1.29, 1.82) is 5.41 Å². The number of hydrogen-bond donors (Lipinski definition) is 1. The minimum absolute atomic E-state index is 0.604. The first kappa shape index (κ1) is 15.5. The second-order valence-corrected chi connectivity index (χ2v) is 4.47. The van der Waals surface area contributed by atoms with Crippen LogP contribution < -0.4 is 0 Å². The molecule has 102 valence electrons. The van der Waals surface area contributed by atoms with Gasteiger partial charge in [-0.1, -0.05) is 48.6 Å². The van der Waals surface area contributed by atoms with Crippen LogP contribution in [0.1, 0.15) is 6.92 Å². The van der Waals surface area contributed by atoms with Gasteiger partial charge in [-0.25, -0.2) is 0 Å². The molecule has 1 unspecified atom stereocenters. The number of nitrogens with one attached hydrogen (secondary N) is 1. The Morgan fingerprint density at radius 1 is 1.20 bits per heavy atom. The predicted octanol–water partition coefficient (Wildman–Crippen LogP) is 3.13. The third-order valence-corrected chi connectivity index (χ3v) is 2.78. The van der Waals surface area contributed by atoms with Crippen LogP contribution in [-0.2, 0) is 9.59 Å². The Morgan fingerprint density at radius 2 is 2.00 bits per heavy atom. The molecule has 0 spiro atoms. The highest BCUT2D eigenvalue weighted by Gasteiger charge is 2.16. The average molecular weight is 267 g/mol. The minimum Gasteiger partial charge on any atom is -0.309 e. The molecule has 0 bridgehead atoms. The van der Waals surface area contributed by atoms with Gasteiger partial charge in [0.2, 0.25) is 0 Å². The summed E-state index contributed by atoms with van der Waals surface area (Å²) in [4.78, 5) is 21.4. The second kappa shape index (κ2) is 7.79. The van der Waals surface area contributed by atoms with Crippen molar-refractivity contribution in [2.45, 2.75) is 6.92 Å². The molecule has 3 nitrogen and oxygen atoms in total. The third-order valence-electron chi connectivity index (χ3n) is 2.78. The smallest absolute Gasteiger partial charge is 0.142 e. The Labute approximate surface area is 118 Å². The molecule has 0 amide bonds. The third kappa shape index (κ3) is 4.61. The van der Waals surface area contributed by atoms with Crippen molar-refractivity contribution in [2.24, 2.45) is 5.41 Å². The van der Waals surface area contributed by atoms with Gasteiger partial charge in [-0.3, -0.25) is 4.79 Å². The molecular weight excluding hydrogens is 250 g/mol. The topological polar surface area (TPSA) is 58.0 Å². The van der Waals surface area contributed by atoms with Crippen LogP contribution in [0.3, 0.4) is 0 Å². The molecule has 0 radical (unpaired) electrons. The van der Waals surface area contributed by atoms with E-state index < -0.39 is 5.41 Å². The maximum atomic E-state index is 11.1. The molecule has 0 saturated heterocycles. The summed E-state index contributed by atoms with van der Waals surface area (Å²) in [5.41, 5.74) is 1.15. The summed E-state index contributed by atoms with van der Waals surface area (Å²) >= 11 is 0. The fourth-order valence-electron chi connectivity index (χ4n) is 1.61. The van der Waals surface area contributed by atoms with Crippen molar-refractivity contribution in [3.63, 3.8) is 0 Å². The molecule has 0 aromatic heterocycles. The van der Waals surface area contributed by atoms with Gasteiger partial charge in [0, 0.05) is 6.21 Å². The number of carbonyl (C=O) groups excluding carboxylic acids is 2. The minimum atomic E-state index is -0.604. The summed E-state index contributed by atoms with van der Waals surface area (Å²) in [5, 5.41) is 7.05. The number of allylic oxidation sites excluding steroid dienone is 12. The number of hydrogen-bond acceptors (Lipinski definition) is 3. The standard InChI is InChI=1S/C17H17NO2/c1-17(14-20)10-4-7-16(9-11-17)15(8-5-12-18)6-2-3-13-19/h2-14,18H,1H3/b3-2+,8-5-,15-6+,18-12?. The van der Waals surface area contributed by atoms with Gasteiger partial charge in [0.05, 0.1) is 5.41 Å². The molecular formula is C17H17NO2. The lowest BCUT2D eigenvalue weighted by Gasteiger charge is -2.10. The molecule has 0 aromatic carbocycles. The van der Waals surface area contributed by atoms with Gasteiger partial charge in [-0.2, -0.15) is 0 Å². The number of carbonyl (C=O) groups is 2. The molecule has 20 heavy (non-hydrogen) atoms. The van der Waals surface area contributed by atoms with E-state index in [4.69, 9.17) is 5.41 Å². The Balaban J connectivity index is 3.12. The van der Waals surface area contributed by atoms with Gasteiger partial charge < -0.3 is 10.2 Å². The molecule has 1 rings (SSSR count). The van der Waals surface area contributed by atoms with Crippen molar-refractivity contribution in [3.8, 4) is 0 Å². The lowest BCUT2D eigenvalue weighted by molar-refractivity contribution is -0.111. The molecule has 1 aliphatic rings. The fourth-order valence-corrected chi connectivity index (χ4v) is 1.61. The Morgan fingerprint density at radius 3 is 2.65 bits per heavy atom. The van der Waals surface area contributed by atoms with E-state index >= 15 is 0 Å². The summed E-state index contributed by atoms with van der Waals surface area (Å²) in [5.74, 6) is 0. The maximum Gasteiger partial charge on any atom is 0.142 e. The first-order chi connectivity index (χ1) is 9.65. The van der Waals surface area contributed by atoms with E-state index in [0.29, 0.717) is 6.29 Å². The van der Waals surface area contributed by atoms with Crippen molar-refractivity contribution in [1.82, 2.24) is 0 Å². The first-order valence-corrected chi connectivity index (χ1v) is 6.20. The Bertz CT molecular complexity index is 560. The second-order valence-electron chi connectivity index (χ2n) is 4.47. The van der Waals surface area contributed by atoms with E-state index in [-0.39, 0.29) is 0 Å². The number of rotatable bonds is 6. The molecule has 0 fully saturated rings. The summed E-state index contributed by atoms with van der Waals surface area (Å²) in [6.45, 7) is 1.83. The quantitative estimate of drug-likeness (QED) is 0.348. The summed E-state index contributed by atoms with van der Waals surface area (Å²) in [6.07, 6.45) is 20.2. The van der Waals surface area contributed by atoms with Crippen LogP contribution in [-0.4, -0.2) is 18.8 Å². The molecule has 1 aliphatic carbocycles. The van der Waals surface area contributed by atoms with E-state index in [0.717, 1.165) is 17.4 Å². The monoisotopic (exact) mass is 267 g/mol. The van der Waals surface area contributed by atoms with Gasteiger partial charge >= 0.3 is 0 Å². The lowest BCUT2D eigenvalue weighted by atomic mass is 9.92. The van der Waals surface area contributed by atoms with Crippen molar-refractivity contribution < 1.29 is 9.59 Å². The molecule has 0 heterocycles. The largest absolute Gasteiger partial charge is 0.309 e. The fraction of sp³-hybridized carbons (Fsp3) is 0.118. The van der Waals surface area contributed by atoms with E-state index in [9.17, 15) is 9.59 Å². The predicted molar refractivity (Wildman–Crippen MR) is 81.7 cm³/mol. The lowest BCUT2D eigenvalue weighted by Crippen LogP contribution is -2.10. The van der Waals surface area contributed by atoms with Gasteiger partial charge in [0.25, 0.3) is 0 Å². The van der Waals surface area contributed by atoms with Crippen molar-refractivity contribution >= 4 is 18.8 Å². The van der Waals surface area contributed by atoms with Crippen LogP contribution in [0.25, 0.3) is 0 Å². The number of aldehydes is 2. The highest BCUT2D eigenvalue weighted by atomic mass is 16.1. The van der Waals surface area contributed by atoms with Crippen molar-refractivity contribution in [3.05, 3.63) is 71.9 Å². The highest BCUT2D eigenvalue weighted by Crippen LogP contribution is 2.24. The Hall–Kier alpha value is -2.55. The van der Waals surface area contributed by atoms with Gasteiger partial charge in [0.15, 0.2) is 0 Å². The summed E-state index contributed by atoms with van der Waals surface area (Å²) in [7, 11) is 0. The first-order valence-electron chi connectivity index (χ1n) is 6.20. The van der Waals surface area contributed by atoms with E-state index in [1.807, 2.05) is 37.3 Å². The highest BCUT2D eigenvalue weighted by molar-refractivity contribution is 5.71. The van der Waals surface area contributed by atoms with Gasteiger partial charge in [-0.15, -0.1) is 0 Å². The van der Waals surface area contributed by atoms with Crippen molar-refractivity contribution in [2.75, 3.05) is 0 Å². The van der Waals surface area contributed by atoms with Crippen LogP contribution in [0, 0.1) is 10.8 Å². The van der Waals surface area contributed by atoms with E-state index in [2.05, 4.69) is 0 Å². The van der Waals surface area contributed by atoms with E-state index in [1.54, 1.807) is 24.3 Å². The normalized spacial score (nSPS) is 22.9. The molecule has 1 N–H and O–H groups in total. The Kier molecular flexibility index (Phi) is 6.04. The zero-order valence-electron chi connectivity index (χ0n) is 11.3. The van der Waals surface area contributed by atoms with Gasteiger partial charge in [0.1, 0.15) is 12.6 Å². The van der Waals surface area contributed by atoms with Crippen LogP contribution in [0.4, 0.5) is 0 Å². The summed E-state index contributed by atoms with van der Waals surface area (Å²) in [6, 6.07) is 0. The zero-order valence-corrected chi connectivity index (χ0v) is 11.3. The van der Waals surface area contributed by atoms with Crippen LogP contribution in [0.15, 0.2) is 71.9 Å². The van der Waals surface area contributed by atoms with Crippen LogP contribution >= 0.6 is 0 Å². The van der Waals surface area contributed by atoms with E-state index in [1.165, 1.54) is 12.3 Å². The molecule has 3 heteroatoms. The maximum absolute atomic E-state index is 11.1. The van der Waals surface area contributed by atoms with Crippen LogP contribution in [0.2, 0.25) is 0 Å². The molecule has 0 saturated carbocycles. The zero-order chi connectivity index (χ0) is 14.8. The van der Waals surface area contributed by atoms with Crippen LogP contribution in [0.5, 0.6) is 0 Å². The SMILES string of the molecule is CC1(C=O)C=CC=C(C(/C=C\C=N)=C/C=C/C=O)C=C1. The van der Waals surface area contributed by atoms with Gasteiger partial charge in [-0.05, 0) is 30.2 Å². The summed E-state index contributed by atoms with van der Waals surface area (Å²) < 4.78 is 0. The molecule has 0 aromatic rings.